The lowest BCUT2D eigenvalue weighted by atomic mass is 10.1. The van der Waals surface area contributed by atoms with Crippen molar-refractivity contribution in [2.24, 2.45) is 0 Å². The number of fused-ring (bicyclic) bond motifs is 1. The first-order chi connectivity index (χ1) is 14.5. The summed E-state index contributed by atoms with van der Waals surface area (Å²) >= 11 is 0. The van der Waals surface area contributed by atoms with Crippen molar-refractivity contribution < 1.29 is 9.18 Å². The maximum absolute atomic E-state index is 14.1. The van der Waals surface area contributed by atoms with E-state index in [0.717, 1.165) is 31.0 Å². The van der Waals surface area contributed by atoms with Gasteiger partial charge in [-0.05, 0) is 25.5 Å². The molecule has 1 aliphatic rings. The summed E-state index contributed by atoms with van der Waals surface area (Å²) < 4.78 is 14.1. The van der Waals surface area contributed by atoms with Crippen LogP contribution in [0, 0.1) is 19.7 Å². The Hall–Kier alpha value is -3.12. The fourth-order valence-corrected chi connectivity index (χ4v) is 3.67. The summed E-state index contributed by atoms with van der Waals surface area (Å²) in [4.78, 5) is 26.1. The molecule has 0 bridgehead atoms. The van der Waals surface area contributed by atoms with Crippen LogP contribution in [0.25, 0.3) is 17.1 Å². The quantitative estimate of drug-likeness (QED) is 0.663. The molecule has 5 nitrogen and oxygen atoms in total. The molecular weight excluding hydrogens is 379 g/mol. The highest BCUT2D eigenvalue weighted by atomic mass is 19.1. The van der Waals surface area contributed by atoms with Gasteiger partial charge in [0.15, 0.2) is 0 Å². The molecule has 0 radical (unpaired) electrons. The first kappa shape index (κ1) is 20.2. The third-order valence-electron chi connectivity index (χ3n) is 5.51. The van der Waals surface area contributed by atoms with Crippen molar-refractivity contribution in [1.82, 2.24) is 19.8 Å². The first-order valence-electron chi connectivity index (χ1n) is 10.2. The Morgan fingerprint density at radius 2 is 1.73 bits per heavy atom. The number of hydrogen-bond donors (Lipinski definition) is 0. The molecule has 1 aliphatic heterocycles. The highest BCUT2D eigenvalue weighted by Gasteiger charge is 2.24. The van der Waals surface area contributed by atoms with Gasteiger partial charge in [0.2, 0.25) is 0 Å². The fraction of sp³-hybridized carbons (Fsp3) is 0.292. The van der Waals surface area contributed by atoms with E-state index in [1.54, 1.807) is 4.90 Å². The summed E-state index contributed by atoms with van der Waals surface area (Å²) in [6.45, 7) is 7.29. The molecule has 6 heteroatoms. The molecule has 0 aliphatic carbocycles. The summed E-state index contributed by atoms with van der Waals surface area (Å²) in [7, 11) is 0. The molecule has 1 fully saturated rings. The Morgan fingerprint density at radius 3 is 2.47 bits per heavy atom. The highest BCUT2D eigenvalue weighted by molar-refractivity contribution is 6.04. The van der Waals surface area contributed by atoms with Gasteiger partial charge in [0, 0.05) is 38.8 Å². The van der Waals surface area contributed by atoms with E-state index in [1.807, 2.05) is 32.0 Å². The van der Waals surface area contributed by atoms with Gasteiger partial charge in [0.25, 0.3) is 5.91 Å². The largest absolute Gasteiger partial charge is 0.336 e. The molecule has 0 atom stereocenters. The van der Waals surface area contributed by atoms with Crippen LogP contribution in [0.5, 0.6) is 0 Å². The lowest BCUT2D eigenvalue weighted by molar-refractivity contribution is 0.0651. The molecule has 0 saturated carbocycles. The molecule has 0 spiro atoms. The summed E-state index contributed by atoms with van der Waals surface area (Å²) in [5, 5.41) is 0. The maximum Gasteiger partial charge on any atom is 0.256 e. The Kier molecular flexibility index (Phi) is 5.86. The summed E-state index contributed by atoms with van der Waals surface area (Å²) in [5.41, 5.74) is 3.85. The molecule has 2 heterocycles. The first-order valence-corrected chi connectivity index (χ1v) is 10.2. The van der Waals surface area contributed by atoms with Gasteiger partial charge < -0.3 is 4.90 Å². The highest BCUT2D eigenvalue weighted by Crippen LogP contribution is 2.21. The van der Waals surface area contributed by atoms with Gasteiger partial charge in [-0.1, -0.05) is 42.5 Å². The zero-order valence-corrected chi connectivity index (χ0v) is 17.3. The number of halogens is 1. The van der Waals surface area contributed by atoms with Gasteiger partial charge in [-0.3, -0.25) is 9.69 Å². The van der Waals surface area contributed by atoms with E-state index in [9.17, 15) is 9.18 Å². The molecule has 154 valence electrons. The van der Waals surface area contributed by atoms with E-state index in [2.05, 4.69) is 39.2 Å². The Bertz CT molecular complexity index is 1090. The van der Waals surface area contributed by atoms with Gasteiger partial charge in [0.05, 0.1) is 22.5 Å². The van der Waals surface area contributed by atoms with E-state index in [-0.39, 0.29) is 11.5 Å². The molecule has 0 unspecified atom stereocenters. The molecule has 1 amide bonds. The lowest BCUT2D eigenvalue weighted by Gasteiger charge is -2.34. The summed E-state index contributed by atoms with van der Waals surface area (Å²) in [5.74, 6) is -0.649. The molecule has 30 heavy (non-hydrogen) atoms. The van der Waals surface area contributed by atoms with Crippen LogP contribution in [-0.4, -0.2) is 58.4 Å². The average molecular weight is 404 g/mol. The molecule has 3 aromatic rings. The Labute approximate surface area is 175 Å². The zero-order chi connectivity index (χ0) is 21.1. The Balaban J connectivity index is 1.43. The van der Waals surface area contributed by atoms with Gasteiger partial charge >= 0.3 is 0 Å². The molecule has 1 aromatic heterocycles. The number of hydrogen-bond acceptors (Lipinski definition) is 4. The number of aromatic nitrogens is 2. The molecule has 1 saturated heterocycles. The monoisotopic (exact) mass is 404 g/mol. The minimum atomic E-state index is -0.465. The average Bonchev–Trinajstić information content (AvgIpc) is 2.75. The predicted octanol–water partition coefficient (Wildman–Crippen LogP) is 3.86. The second-order valence-corrected chi connectivity index (χ2v) is 7.62. The van der Waals surface area contributed by atoms with E-state index in [0.29, 0.717) is 24.1 Å². The van der Waals surface area contributed by atoms with Gasteiger partial charge in [-0.25, -0.2) is 14.4 Å². The summed E-state index contributed by atoms with van der Waals surface area (Å²) in [6, 6.07) is 12.8. The van der Waals surface area contributed by atoms with Crippen molar-refractivity contribution >= 4 is 23.0 Å². The SMILES string of the molecule is Cc1nc2cc(F)cc(C(=O)N3CCN(C/C=C/c4ccccc4)CC3)c2nc1C. The van der Waals surface area contributed by atoms with Crippen molar-refractivity contribution in [3.8, 4) is 0 Å². The molecule has 2 aromatic carbocycles. The second-order valence-electron chi connectivity index (χ2n) is 7.62. The third-order valence-corrected chi connectivity index (χ3v) is 5.51. The van der Waals surface area contributed by atoms with Crippen molar-refractivity contribution in [3.05, 3.63) is 76.9 Å². The van der Waals surface area contributed by atoms with E-state index in [1.165, 1.54) is 17.7 Å². The van der Waals surface area contributed by atoms with Crippen LogP contribution in [0.3, 0.4) is 0 Å². The van der Waals surface area contributed by atoms with Crippen LogP contribution in [0.15, 0.2) is 48.5 Å². The van der Waals surface area contributed by atoms with Gasteiger partial charge in [-0.2, -0.15) is 0 Å². The van der Waals surface area contributed by atoms with Crippen LogP contribution >= 0.6 is 0 Å². The van der Waals surface area contributed by atoms with E-state index in [4.69, 9.17) is 0 Å². The number of carbonyl (C=O) groups excluding carboxylic acids is 1. The minimum Gasteiger partial charge on any atom is -0.336 e. The number of nitrogens with zero attached hydrogens (tertiary/aromatic N) is 4. The topological polar surface area (TPSA) is 49.3 Å². The number of rotatable bonds is 4. The van der Waals surface area contributed by atoms with Crippen LogP contribution < -0.4 is 0 Å². The minimum absolute atomic E-state index is 0.184. The third kappa shape index (κ3) is 4.39. The number of piperazine rings is 1. The number of benzene rings is 2. The van der Waals surface area contributed by atoms with E-state index >= 15 is 0 Å². The van der Waals surface area contributed by atoms with Crippen molar-refractivity contribution in [2.75, 3.05) is 32.7 Å². The second kappa shape index (κ2) is 8.71. The maximum atomic E-state index is 14.1. The smallest absolute Gasteiger partial charge is 0.256 e. The fourth-order valence-electron chi connectivity index (χ4n) is 3.67. The number of amides is 1. The van der Waals surface area contributed by atoms with E-state index < -0.39 is 5.82 Å². The number of aryl methyl sites for hydroxylation is 2. The zero-order valence-electron chi connectivity index (χ0n) is 17.3. The van der Waals surface area contributed by atoms with Crippen LogP contribution in [0.1, 0.15) is 27.3 Å². The lowest BCUT2D eigenvalue weighted by Crippen LogP contribution is -2.48. The number of carbonyl (C=O) groups is 1. The molecular formula is C24H25FN4O. The van der Waals surface area contributed by atoms with Crippen LogP contribution in [0.2, 0.25) is 0 Å². The van der Waals surface area contributed by atoms with Gasteiger partial charge in [0.1, 0.15) is 11.3 Å². The van der Waals surface area contributed by atoms with Crippen LogP contribution in [0.4, 0.5) is 4.39 Å². The Morgan fingerprint density at radius 1 is 1.03 bits per heavy atom. The van der Waals surface area contributed by atoms with Crippen LogP contribution in [-0.2, 0) is 0 Å². The standard InChI is InChI=1S/C24H25FN4O/c1-17-18(2)27-23-21(15-20(25)16-22(23)26-17)24(30)29-13-11-28(12-14-29)10-6-9-19-7-4-3-5-8-19/h3-9,15-16H,10-14H2,1-2H3/b9-6+. The van der Waals surface area contributed by atoms with Crippen molar-refractivity contribution in [2.45, 2.75) is 13.8 Å². The van der Waals surface area contributed by atoms with Crippen molar-refractivity contribution in [3.63, 3.8) is 0 Å². The van der Waals surface area contributed by atoms with Crippen molar-refractivity contribution in [1.29, 1.82) is 0 Å². The molecule has 4 rings (SSSR count). The molecule has 0 N–H and O–H groups in total. The van der Waals surface area contributed by atoms with Gasteiger partial charge in [-0.15, -0.1) is 0 Å². The summed E-state index contributed by atoms with van der Waals surface area (Å²) in [6.07, 6.45) is 4.26. The normalized spacial score (nSPS) is 15.2. The predicted molar refractivity (Wildman–Crippen MR) is 117 cm³/mol.